The molecular formula is C30H21N5O3. The Bertz CT molecular complexity index is 1800. The summed E-state index contributed by atoms with van der Waals surface area (Å²) >= 11 is 0. The zero-order chi connectivity index (χ0) is 26.1. The number of nitrogens with one attached hydrogen (secondary N) is 2. The number of nitro groups is 1. The summed E-state index contributed by atoms with van der Waals surface area (Å²) in [4.78, 5) is 37.3. The molecule has 8 nitrogen and oxygen atoms in total. The van der Waals surface area contributed by atoms with Crippen LogP contribution in [0.1, 0.15) is 27.8 Å². The highest BCUT2D eigenvalue weighted by Gasteiger charge is 2.23. The molecule has 1 atom stereocenters. The zero-order valence-electron chi connectivity index (χ0n) is 20.0. The van der Waals surface area contributed by atoms with E-state index in [0.29, 0.717) is 33.6 Å². The molecule has 0 spiro atoms. The monoisotopic (exact) mass is 499 g/mol. The van der Waals surface area contributed by atoms with Crippen molar-refractivity contribution in [3.05, 3.63) is 136 Å². The summed E-state index contributed by atoms with van der Waals surface area (Å²) in [5.74, 6) is 0.183. The SMILES string of the molecule is O=C(NC(c1ccccc1)c1nc2ccc([N+](=O)[O-])cc2[nH]1)c1cc(-c2ccccc2)nc2ccccc12. The molecule has 0 fully saturated rings. The molecule has 0 saturated heterocycles. The Morgan fingerprint density at radius 2 is 1.53 bits per heavy atom. The lowest BCUT2D eigenvalue weighted by Gasteiger charge is -2.18. The first-order valence-corrected chi connectivity index (χ1v) is 12.0. The van der Waals surface area contributed by atoms with E-state index in [0.717, 1.165) is 16.5 Å². The highest BCUT2D eigenvalue weighted by atomic mass is 16.6. The van der Waals surface area contributed by atoms with Gasteiger partial charge in [0.1, 0.15) is 11.9 Å². The molecule has 2 N–H and O–H groups in total. The number of hydrogen-bond donors (Lipinski definition) is 2. The Labute approximate surface area is 217 Å². The smallest absolute Gasteiger partial charge is 0.271 e. The van der Waals surface area contributed by atoms with Crippen LogP contribution in [0.2, 0.25) is 0 Å². The second kappa shape index (κ2) is 9.59. The van der Waals surface area contributed by atoms with Crippen molar-refractivity contribution in [3.8, 4) is 11.3 Å². The number of H-pyrrole nitrogens is 1. The van der Waals surface area contributed by atoms with Gasteiger partial charge in [-0.05, 0) is 23.8 Å². The predicted molar refractivity (Wildman–Crippen MR) is 146 cm³/mol. The first kappa shape index (κ1) is 23.1. The summed E-state index contributed by atoms with van der Waals surface area (Å²) in [7, 11) is 0. The van der Waals surface area contributed by atoms with Gasteiger partial charge in [0.05, 0.1) is 32.7 Å². The predicted octanol–water partition coefficient (Wildman–Crippen LogP) is 6.21. The van der Waals surface area contributed by atoms with E-state index < -0.39 is 11.0 Å². The summed E-state index contributed by atoms with van der Waals surface area (Å²) in [6.45, 7) is 0. The number of rotatable bonds is 6. The molecule has 0 saturated carbocycles. The number of imidazole rings is 1. The third kappa shape index (κ3) is 4.35. The second-order valence-corrected chi connectivity index (χ2v) is 8.84. The van der Waals surface area contributed by atoms with Crippen molar-refractivity contribution in [1.82, 2.24) is 20.3 Å². The van der Waals surface area contributed by atoms with Gasteiger partial charge in [0.25, 0.3) is 11.6 Å². The maximum Gasteiger partial charge on any atom is 0.271 e. The van der Waals surface area contributed by atoms with Gasteiger partial charge in [-0.3, -0.25) is 14.9 Å². The molecule has 6 aromatic rings. The van der Waals surface area contributed by atoms with Crippen LogP contribution in [0.4, 0.5) is 5.69 Å². The first-order chi connectivity index (χ1) is 18.6. The van der Waals surface area contributed by atoms with Crippen molar-refractivity contribution in [3.63, 3.8) is 0 Å². The van der Waals surface area contributed by atoms with Crippen molar-refractivity contribution < 1.29 is 9.72 Å². The molecule has 0 aliphatic carbocycles. The second-order valence-electron chi connectivity index (χ2n) is 8.84. The lowest BCUT2D eigenvalue weighted by molar-refractivity contribution is -0.384. The molecule has 0 aliphatic heterocycles. The van der Waals surface area contributed by atoms with E-state index in [2.05, 4.69) is 15.3 Å². The number of carbonyl (C=O) groups excluding carboxylic acids is 1. The number of carbonyl (C=O) groups is 1. The maximum absolute atomic E-state index is 13.9. The normalized spacial score (nSPS) is 11.9. The number of pyridine rings is 1. The molecule has 0 bridgehead atoms. The number of hydrogen-bond acceptors (Lipinski definition) is 5. The lowest BCUT2D eigenvalue weighted by atomic mass is 10.0. The Kier molecular flexibility index (Phi) is 5.82. The average molecular weight is 500 g/mol. The summed E-state index contributed by atoms with van der Waals surface area (Å²) in [6.07, 6.45) is 0. The van der Waals surface area contributed by atoms with Gasteiger partial charge < -0.3 is 10.3 Å². The van der Waals surface area contributed by atoms with Crippen LogP contribution in [0.15, 0.2) is 109 Å². The molecule has 1 amide bonds. The quantitative estimate of drug-likeness (QED) is 0.209. The minimum atomic E-state index is -0.623. The van der Waals surface area contributed by atoms with Gasteiger partial charge in [-0.25, -0.2) is 9.97 Å². The standard InChI is InChI=1S/C30H21N5O3/c36-30(23-18-26(19-9-3-1-4-10-19)31-24-14-8-7-13-22(23)24)34-28(20-11-5-2-6-12-20)29-32-25-16-15-21(35(37)38)17-27(25)33-29/h1-18,28H,(H,32,33)(H,34,36). The highest BCUT2D eigenvalue weighted by molar-refractivity contribution is 6.07. The van der Waals surface area contributed by atoms with Crippen LogP contribution in [0, 0.1) is 10.1 Å². The number of nitrogens with zero attached hydrogens (tertiary/aromatic N) is 3. The van der Waals surface area contributed by atoms with Crippen molar-refractivity contribution in [2.24, 2.45) is 0 Å². The van der Waals surface area contributed by atoms with E-state index in [-0.39, 0.29) is 11.6 Å². The van der Waals surface area contributed by atoms with Gasteiger partial charge in [-0.2, -0.15) is 0 Å². The van der Waals surface area contributed by atoms with Crippen LogP contribution >= 0.6 is 0 Å². The fraction of sp³-hybridized carbons (Fsp3) is 0.0333. The Morgan fingerprint density at radius 3 is 2.29 bits per heavy atom. The third-order valence-electron chi connectivity index (χ3n) is 6.41. The number of benzene rings is 4. The number of aromatic nitrogens is 3. The van der Waals surface area contributed by atoms with Crippen LogP contribution < -0.4 is 5.32 Å². The summed E-state index contributed by atoms with van der Waals surface area (Å²) in [5.41, 5.74) is 4.67. The maximum atomic E-state index is 13.9. The van der Waals surface area contributed by atoms with Crippen molar-refractivity contribution in [2.75, 3.05) is 0 Å². The van der Waals surface area contributed by atoms with Gasteiger partial charge >= 0.3 is 0 Å². The number of nitro benzene ring substituents is 1. The van der Waals surface area contributed by atoms with Crippen LogP contribution in [-0.4, -0.2) is 25.8 Å². The van der Waals surface area contributed by atoms with E-state index >= 15 is 0 Å². The molecule has 1 unspecified atom stereocenters. The summed E-state index contributed by atoms with van der Waals surface area (Å²) in [5, 5.41) is 15.1. The van der Waals surface area contributed by atoms with Crippen molar-refractivity contribution >= 4 is 33.5 Å². The van der Waals surface area contributed by atoms with Gasteiger partial charge in [-0.15, -0.1) is 0 Å². The minimum absolute atomic E-state index is 0.0373. The van der Waals surface area contributed by atoms with Crippen LogP contribution in [0.3, 0.4) is 0 Å². The number of amides is 1. The van der Waals surface area contributed by atoms with Gasteiger partial charge in [0, 0.05) is 23.1 Å². The molecule has 0 radical (unpaired) electrons. The zero-order valence-corrected chi connectivity index (χ0v) is 20.0. The van der Waals surface area contributed by atoms with Crippen LogP contribution in [0.25, 0.3) is 33.2 Å². The van der Waals surface area contributed by atoms with Gasteiger partial charge in [0.15, 0.2) is 0 Å². The number of para-hydroxylation sites is 1. The van der Waals surface area contributed by atoms with Crippen molar-refractivity contribution in [2.45, 2.75) is 6.04 Å². The Balaban J connectivity index is 1.44. The lowest BCUT2D eigenvalue weighted by Crippen LogP contribution is -2.30. The van der Waals surface area contributed by atoms with E-state index in [1.807, 2.05) is 84.9 Å². The molecule has 2 heterocycles. The van der Waals surface area contributed by atoms with Crippen LogP contribution in [0.5, 0.6) is 0 Å². The van der Waals surface area contributed by atoms with E-state index in [1.165, 1.54) is 12.1 Å². The molecule has 8 heteroatoms. The minimum Gasteiger partial charge on any atom is -0.340 e. The van der Waals surface area contributed by atoms with Gasteiger partial charge in [0.2, 0.25) is 0 Å². The molecular weight excluding hydrogens is 478 g/mol. The molecule has 6 rings (SSSR count). The number of fused-ring (bicyclic) bond motifs is 2. The Hall–Kier alpha value is -5.37. The van der Waals surface area contributed by atoms with E-state index in [4.69, 9.17) is 4.98 Å². The average Bonchev–Trinajstić information content (AvgIpc) is 3.39. The van der Waals surface area contributed by atoms with Crippen LogP contribution in [-0.2, 0) is 0 Å². The fourth-order valence-electron chi connectivity index (χ4n) is 4.55. The topological polar surface area (TPSA) is 114 Å². The molecule has 4 aromatic carbocycles. The summed E-state index contributed by atoms with van der Waals surface area (Å²) in [6, 6.07) is 32.4. The van der Waals surface area contributed by atoms with E-state index in [9.17, 15) is 14.9 Å². The molecule has 38 heavy (non-hydrogen) atoms. The van der Waals surface area contributed by atoms with E-state index in [1.54, 1.807) is 12.1 Å². The highest BCUT2D eigenvalue weighted by Crippen LogP contribution is 2.28. The number of aromatic amines is 1. The largest absolute Gasteiger partial charge is 0.340 e. The Morgan fingerprint density at radius 1 is 0.816 bits per heavy atom. The molecule has 2 aromatic heterocycles. The number of non-ortho nitro benzene ring substituents is 1. The summed E-state index contributed by atoms with van der Waals surface area (Å²) < 4.78 is 0. The van der Waals surface area contributed by atoms with Gasteiger partial charge in [-0.1, -0.05) is 78.9 Å². The van der Waals surface area contributed by atoms with Crippen molar-refractivity contribution in [1.29, 1.82) is 0 Å². The first-order valence-electron chi connectivity index (χ1n) is 12.0. The third-order valence-corrected chi connectivity index (χ3v) is 6.41. The fourth-order valence-corrected chi connectivity index (χ4v) is 4.55. The molecule has 184 valence electrons. The molecule has 0 aliphatic rings.